The van der Waals surface area contributed by atoms with E-state index in [9.17, 15) is 9.59 Å². The molecule has 0 saturated carbocycles. The first-order valence-electron chi connectivity index (χ1n) is 8.46. The quantitative estimate of drug-likeness (QED) is 0.893. The summed E-state index contributed by atoms with van der Waals surface area (Å²) in [5, 5.41) is 0. The number of primary amides is 1. The number of nitrogens with zero attached hydrogens (tertiary/aromatic N) is 3. The van der Waals surface area contributed by atoms with Gasteiger partial charge in [0.1, 0.15) is 5.60 Å². The lowest BCUT2D eigenvalue weighted by Gasteiger charge is -2.30. The lowest BCUT2D eigenvalue weighted by Crippen LogP contribution is -2.40. The van der Waals surface area contributed by atoms with Crippen molar-refractivity contribution >= 4 is 12.0 Å². The minimum atomic E-state index is -0.519. The highest BCUT2D eigenvalue weighted by Crippen LogP contribution is 2.22. The molecule has 26 heavy (non-hydrogen) atoms. The first-order valence-corrected chi connectivity index (χ1v) is 8.46. The fraction of sp³-hybridized carbons (Fsp3) is 0.368. The van der Waals surface area contributed by atoms with E-state index in [2.05, 4.69) is 9.97 Å². The van der Waals surface area contributed by atoms with Crippen molar-refractivity contribution in [2.24, 2.45) is 5.73 Å². The van der Waals surface area contributed by atoms with E-state index in [1.54, 1.807) is 35.4 Å². The highest BCUT2D eigenvalue weighted by molar-refractivity contribution is 5.93. The van der Waals surface area contributed by atoms with E-state index in [-0.39, 0.29) is 6.09 Å². The van der Waals surface area contributed by atoms with Gasteiger partial charge in [-0.05, 0) is 32.9 Å². The summed E-state index contributed by atoms with van der Waals surface area (Å²) >= 11 is 0. The topological polar surface area (TPSA) is 98.4 Å². The van der Waals surface area contributed by atoms with Crippen molar-refractivity contribution in [3.63, 3.8) is 0 Å². The number of benzene rings is 1. The minimum absolute atomic E-state index is 0.325. The summed E-state index contributed by atoms with van der Waals surface area (Å²) in [5.74, 6) is 0.121. The molecule has 0 atom stereocenters. The second-order valence-electron chi connectivity index (χ2n) is 7.26. The Bertz CT molecular complexity index is 841. The maximum atomic E-state index is 12.2. The predicted molar refractivity (Wildman–Crippen MR) is 96.3 cm³/mol. The number of aromatic nitrogens is 2. The highest BCUT2D eigenvalue weighted by Gasteiger charge is 2.26. The Morgan fingerprint density at radius 2 is 1.88 bits per heavy atom. The number of carbonyl (C=O) groups excluding carboxylic acids is 2. The molecule has 0 spiro atoms. The smallest absolute Gasteiger partial charge is 0.410 e. The molecular formula is C19H22N4O3. The molecule has 3 rings (SSSR count). The second kappa shape index (κ2) is 6.74. The standard InChI is InChI=1S/C19H22N4O3/c1-19(2,3)26-18(25)23-9-8-15-14(11-23)10-21-17(22-15)13-6-4-12(5-7-13)16(20)24/h4-7,10H,8-9,11H2,1-3H3,(H2,20,24). The highest BCUT2D eigenvalue weighted by atomic mass is 16.6. The fourth-order valence-electron chi connectivity index (χ4n) is 2.72. The molecule has 0 fully saturated rings. The van der Waals surface area contributed by atoms with Crippen LogP contribution in [0.4, 0.5) is 4.79 Å². The van der Waals surface area contributed by atoms with Gasteiger partial charge in [-0.2, -0.15) is 0 Å². The van der Waals surface area contributed by atoms with Crippen molar-refractivity contribution < 1.29 is 14.3 Å². The molecule has 1 aliphatic rings. The van der Waals surface area contributed by atoms with Crippen molar-refractivity contribution in [2.45, 2.75) is 39.3 Å². The number of rotatable bonds is 2. The lowest BCUT2D eigenvalue weighted by molar-refractivity contribution is 0.0222. The van der Waals surface area contributed by atoms with Gasteiger partial charge in [0.25, 0.3) is 0 Å². The second-order valence-corrected chi connectivity index (χ2v) is 7.26. The normalized spacial score (nSPS) is 13.9. The SMILES string of the molecule is CC(C)(C)OC(=O)N1CCc2nc(-c3ccc(C(N)=O)cc3)ncc2C1. The van der Waals surface area contributed by atoms with Crippen LogP contribution in [0.15, 0.2) is 30.5 Å². The monoisotopic (exact) mass is 354 g/mol. The Kier molecular flexibility index (Phi) is 4.63. The van der Waals surface area contributed by atoms with Gasteiger partial charge in [0.05, 0.1) is 12.2 Å². The first-order chi connectivity index (χ1) is 12.2. The average Bonchev–Trinajstić information content (AvgIpc) is 2.59. The molecule has 0 aliphatic carbocycles. The summed E-state index contributed by atoms with van der Waals surface area (Å²) in [4.78, 5) is 34.1. The van der Waals surface area contributed by atoms with Crippen molar-refractivity contribution in [1.82, 2.24) is 14.9 Å². The van der Waals surface area contributed by atoms with Crippen LogP contribution in [0.5, 0.6) is 0 Å². The Morgan fingerprint density at radius 1 is 1.19 bits per heavy atom. The first kappa shape index (κ1) is 17.8. The van der Waals surface area contributed by atoms with Gasteiger partial charge in [-0.25, -0.2) is 14.8 Å². The van der Waals surface area contributed by atoms with Crippen LogP contribution in [-0.2, 0) is 17.7 Å². The summed E-state index contributed by atoms with van der Waals surface area (Å²) in [7, 11) is 0. The third kappa shape index (κ3) is 3.99. The van der Waals surface area contributed by atoms with Crippen LogP contribution >= 0.6 is 0 Å². The third-order valence-corrected chi connectivity index (χ3v) is 4.01. The van der Waals surface area contributed by atoms with Crippen LogP contribution in [-0.4, -0.2) is 39.0 Å². The van der Waals surface area contributed by atoms with Crippen molar-refractivity contribution in [1.29, 1.82) is 0 Å². The molecule has 0 bridgehead atoms. The molecule has 0 unspecified atom stereocenters. The summed E-state index contributed by atoms with van der Waals surface area (Å²) in [6.07, 6.45) is 2.06. The Labute approximate surface area is 152 Å². The van der Waals surface area contributed by atoms with Crippen LogP contribution in [0, 0.1) is 0 Å². The van der Waals surface area contributed by atoms with Gasteiger partial charge in [0.2, 0.25) is 5.91 Å². The fourth-order valence-corrected chi connectivity index (χ4v) is 2.72. The zero-order valence-electron chi connectivity index (χ0n) is 15.2. The van der Waals surface area contributed by atoms with Gasteiger partial charge in [0, 0.05) is 35.9 Å². The zero-order chi connectivity index (χ0) is 18.9. The largest absolute Gasteiger partial charge is 0.444 e. The molecule has 2 N–H and O–H groups in total. The Balaban J connectivity index is 1.76. The molecule has 7 nitrogen and oxygen atoms in total. The molecule has 1 aliphatic heterocycles. The maximum Gasteiger partial charge on any atom is 0.410 e. The zero-order valence-corrected chi connectivity index (χ0v) is 15.2. The number of fused-ring (bicyclic) bond motifs is 1. The van der Waals surface area contributed by atoms with E-state index in [0.717, 1.165) is 16.8 Å². The van der Waals surface area contributed by atoms with Gasteiger partial charge in [0.15, 0.2) is 5.82 Å². The van der Waals surface area contributed by atoms with Crippen molar-refractivity contribution in [3.8, 4) is 11.4 Å². The average molecular weight is 354 g/mol. The number of amides is 2. The summed E-state index contributed by atoms with van der Waals surface area (Å²) < 4.78 is 5.42. The maximum absolute atomic E-state index is 12.2. The van der Waals surface area contributed by atoms with Gasteiger partial charge < -0.3 is 15.4 Å². The van der Waals surface area contributed by atoms with Crippen LogP contribution < -0.4 is 5.73 Å². The number of ether oxygens (including phenoxy) is 1. The number of nitrogens with two attached hydrogens (primary N) is 1. The van der Waals surface area contributed by atoms with E-state index >= 15 is 0 Å². The molecule has 1 aromatic heterocycles. The predicted octanol–water partition coefficient (Wildman–Crippen LogP) is 2.54. The van der Waals surface area contributed by atoms with E-state index in [1.807, 2.05) is 20.8 Å². The molecule has 7 heteroatoms. The number of carbonyl (C=O) groups is 2. The van der Waals surface area contributed by atoms with Crippen molar-refractivity contribution in [3.05, 3.63) is 47.3 Å². The Morgan fingerprint density at radius 3 is 2.50 bits per heavy atom. The van der Waals surface area contributed by atoms with E-state index in [4.69, 9.17) is 10.5 Å². The van der Waals surface area contributed by atoms with Crippen LogP contribution in [0.2, 0.25) is 0 Å². The Hall–Kier alpha value is -2.96. The molecule has 2 aromatic rings. The lowest BCUT2D eigenvalue weighted by atomic mass is 10.1. The molecule has 0 saturated heterocycles. The van der Waals surface area contributed by atoms with E-state index in [1.165, 1.54) is 0 Å². The minimum Gasteiger partial charge on any atom is -0.444 e. The van der Waals surface area contributed by atoms with E-state index in [0.29, 0.717) is 30.9 Å². The molecule has 0 radical (unpaired) electrons. The summed E-state index contributed by atoms with van der Waals surface area (Å²) in [6.45, 7) is 6.54. The van der Waals surface area contributed by atoms with Gasteiger partial charge in [-0.15, -0.1) is 0 Å². The summed E-state index contributed by atoms with van der Waals surface area (Å²) in [6, 6.07) is 6.87. The van der Waals surface area contributed by atoms with Crippen LogP contribution in [0.3, 0.4) is 0 Å². The van der Waals surface area contributed by atoms with Gasteiger partial charge in [-0.1, -0.05) is 12.1 Å². The molecule has 2 heterocycles. The summed E-state index contributed by atoms with van der Waals surface area (Å²) in [5.41, 5.74) is 7.84. The van der Waals surface area contributed by atoms with E-state index < -0.39 is 11.5 Å². The van der Waals surface area contributed by atoms with Crippen LogP contribution in [0.25, 0.3) is 11.4 Å². The third-order valence-electron chi connectivity index (χ3n) is 4.01. The molecule has 2 amide bonds. The number of hydrogen-bond donors (Lipinski definition) is 1. The number of hydrogen-bond acceptors (Lipinski definition) is 5. The molecule has 1 aromatic carbocycles. The van der Waals surface area contributed by atoms with Crippen molar-refractivity contribution in [2.75, 3.05) is 6.54 Å². The van der Waals surface area contributed by atoms with Gasteiger partial charge in [-0.3, -0.25) is 4.79 Å². The molecular weight excluding hydrogens is 332 g/mol. The molecule has 136 valence electrons. The van der Waals surface area contributed by atoms with Gasteiger partial charge >= 0.3 is 6.09 Å². The van der Waals surface area contributed by atoms with Crippen LogP contribution in [0.1, 0.15) is 42.4 Å².